The SMILES string of the molecule is CC(C)S(=O)(=O)c1ccc(Cc2nnc(NC(=O)c3ccc(Br)o3)o2)cc1. The molecule has 142 valence electrons. The van der Waals surface area contributed by atoms with Gasteiger partial charge >= 0.3 is 6.01 Å². The van der Waals surface area contributed by atoms with Gasteiger partial charge in [0.25, 0.3) is 5.91 Å². The van der Waals surface area contributed by atoms with Crippen LogP contribution in [0.15, 0.2) is 54.8 Å². The van der Waals surface area contributed by atoms with E-state index < -0.39 is 21.0 Å². The van der Waals surface area contributed by atoms with Gasteiger partial charge in [-0.15, -0.1) is 5.10 Å². The molecule has 0 aliphatic heterocycles. The summed E-state index contributed by atoms with van der Waals surface area (Å²) >= 11 is 3.12. The summed E-state index contributed by atoms with van der Waals surface area (Å²) in [5.41, 5.74) is 0.800. The van der Waals surface area contributed by atoms with Crippen LogP contribution < -0.4 is 5.32 Å². The van der Waals surface area contributed by atoms with Crippen molar-refractivity contribution in [2.24, 2.45) is 0 Å². The molecule has 0 atom stereocenters. The fourth-order valence-corrected chi connectivity index (χ4v) is 3.58. The van der Waals surface area contributed by atoms with E-state index in [4.69, 9.17) is 8.83 Å². The molecule has 2 aromatic heterocycles. The lowest BCUT2D eigenvalue weighted by Crippen LogP contribution is -2.13. The average molecular weight is 454 g/mol. The number of hydrogen-bond acceptors (Lipinski definition) is 7. The van der Waals surface area contributed by atoms with Gasteiger partial charge in [0, 0.05) is 0 Å². The third kappa shape index (κ3) is 4.45. The van der Waals surface area contributed by atoms with Crippen LogP contribution in [0.2, 0.25) is 0 Å². The zero-order chi connectivity index (χ0) is 19.6. The first kappa shape index (κ1) is 19.3. The molecule has 1 N–H and O–H groups in total. The Bertz CT molecular complexity index is 1050. The molecular weight excluding hydrogens is 438 g/mol. The molecular formula is C17H16BrN3O5S. The number of hydrogen-bond donors (Lipinski definition) is 1. The molecule has 0 bridgehead atoms. The maximum absolute atomic E-state index is 12.1. The van der Waals surface area contributed by atoms with E-state index in [1.54, 1.807) is 44.2 Å². The number of anilines is 1. The number of halogens is 1. The molecule has 0 aliphatic carbocycles. The normalized spacial score (nSPS) is 11.7. The molecule has 0 unspecified atom stereocenters. The molecule has 27 heavy (non-hydrogen) atoms. The Kier molecular flexibility index (Phi) is 5.47. The third-order valence-corrected chi connectivity index (χ3v) is 6.31. The van der Waals surface area contributed by atoms with Crippen molar-refractivity contribution in [3.8, 4) is 0 Å². The Morgan fingerprint density at radius 2 is 1.81 bits per heavy atom. The molecule has 10 heteroatoms. The first-order valence-corrected chi connectivity index (χ1v) is 10.3. The predicted molar refractivity (Wildman–Crippen MR) is 100 cm³/mol. The lowest BCUT2D eigenvalue weighted by molar-refractivity contribution is 0.0992. The summed E-state index contributed by atoms with van der Waals surface area (Å²) in [4.78, 5) is 12.2. The van der Waals surface area contributed by atoms with Gasteiger partial charge in [-0.2, -0.15) is 0 Å². The smallest absolute Gasteiger partial charge is 0.322 e. The molecule has 0 saturated heterocycles. The highest BCUT2D eigenvalue weighted by atomic mass is 79.9. The molecule has 0 fully saturated rings. The van der Waals surface area contributed by atoms with Gasteiger partial charge in [0.1, 0.15) is 0 Å². The Hall–Kier alpha value is -2.46. The van der Waals surface area contributed by atoms with Crippen LogP contribution in [-0.4, -0.2) is 29.8 Å². The summed E-state index contributed by atoms with van der Waals surface area (Å²) in [7, 11) is -3.31. The van der Waals surface area contributed by atoms with E-state index in [2.05, 4.69) is 31.4 Å². The third-order valence-electron chi connectivity index (χ3n) is 3.71. The summed E-state index contributed by atoms with van der Waals surface area (Å²) < 4.78 is 35.2. The summed E-state index contributed by atoms with van der Waals surface area (Å²) in [6.07, 6.45) is 0.303. The van der Waals surface area contributed by atoms with E-state index in [1.165, 1.54) is 6.07 Å². The van der Waals surface area contributed by atoms with Gasteiger partial charge in [-0.3, -0.25) is 10.1 Å². The van der Waals surface area contributed by atoms with E-state index >= 15 is 0 Å². The second-order valence-corrected chi connectivity index (χ2v) is 9.26. The van der Waals surface area contributed by atoms with E-state index in [-0.39, 0.29) is 22.6 Å². The number of carbonyl (C=O) groups is 1. The molecule has 0 radical (unpaired) electrons. The Morgan fingerprint density at radius 1 is 1.11 bits per heavy atom. The van der Waals surface area contributed by atoms with Crippen molar-refractivity contribution in [1.82, 2.24) is 10.2 Å². The van der Waals surface area contributed by atoms with Crippen molar-refractivity contribution in [3.63, 3.8) is 0 Å². The van der Waals surface area contributed by atoms with Gasteiger partial charge < -0.3 is 8.83 Å². The monoisotopic (exact) mass is 453 g/mol. The van der Waals surface area contributed by atoms with Crippen LogP contribution in [0.5, 0.6) is 0 Å². The number of carbonyl (C=O) groups excluding carboxylic acids is 1. The number of nitrogens with one attached hydrogen (secondary N) is 1. The Morgan fingerprint density at radius 3 is 2.41 bits per heavy atom. The van der Waals surface area contributed by atoms with Gasteiger partial charge in [0.2, 0.25) is 5.89 Å². The van der Waals surface area contributed by atoms with Gasteiger partial charge in [-0.25, -0.2) is 8.42 Å². The summed E-state index contributed by atoms with van der Waals surface area (Å²) in [5, 5.41) is 9.60. The van der Waals surface area contributed by atoms with E-state index in [0.717, 1.165) is 5.56 Å². The van der Waals surface area contributed by atoms with Crippen LogP contribution in [0.1, 0.15) is 35.9 Å². The van der Waals surface area contributed by atoms with E-state index in [1.807, 2.05) is 0 Å². The number of sulfone groups is 1. The lowest BCUT2D eigenvalue weighted by Gasteiger charge is -2.08. The van der Waals surface area contributed by atoms with Crippen LogP contribution in [0.4, 0.5) is 6.01 Å². The van der Waals surface area contributed by atoms with Gasteiger partial charge in [-0.05, 0) is 59.6 Å². The summed E-state index contributed by atoms with van der Waals surface area (Å²) in [6, 6.07) is 9.54. The van der Waals surface area contributed by atoms with Crippen molar-refractivity contribution < 1.29 is 22.0 Å². The molecule has 8 nitrogen and oxygen atoms in total. The standard InChI is InChI=1S/C17H16BrN3O5S/c1-10(2)27(23,24)12-5-3-11(4-6-12)9-15-20-21-17(26-15)19-16(22)13-7-8-14(18)25-13/h3-8,10H,9H2,1-2H3,(H,19,21,22). The quantitative estimate of drug-likeness (QED) is 0.607. The second kappa shape index (κ2) is 7.65. The van der Waals surface area contributed by atoms with Crippen LogP contribution in [0.25, 0.3) is 0 Å². The topological polar surface area (TPSA) is 115 Å². The average Bonchev–Trinajstić information content (AvgIpc) is 3.24. The second-order valence-electron chi connectivity index (χ2n) is 5.97. The van der Waals surface area contributed by atoms with Crippen LogP contribution in [0.3, 0.4) is 0 Å². The van der Waals surface area contributed by atoms with Crippen LogP contribution in [0, 0.1) is 0 Å². The highest BCUT2D eigenvalue weighted by Gasteiger charge is 2.19. The van der Waals surface area contributed by atoms with Crippen molar-refractivity contribution in [2.45, 2.75) is 30.4 Å². The number of rotatable bonds is 6. The molecule has 1 aromatic carbocycles. The minimum Gasteiger partial charge on any atom is -0.444 e. The molecule has 3 rings (SSSR count). The van der Waals surface area contributed by atoms with Gasteiger partial charge in [0.15, 0.2) is 20.3 Å². The molecule has 0 aliphatic rings. The van der Waals surface area contributed by atoms with Gasteiger partial charge in [0.05, 0.1) is 16.6 Å². The zero-order valence-electron chi connectivity index (χ0n) is 14.5. The van der Waals surface area contributed by atoms with E-state index in [9.17, 15) is 13.2 Å². The number of furan rings is 1. The Labute approximate surface area is 164 Å². The zero-order valence-corrected chi connectivity index (χ0v) is 16.9. The number of amides is 1. The fraction of sp³-hybridized carbons (Fsp3) is 0.235. The summed E-state index contributed by atoms with van der Waals surface area (Å²) in [5.74, 6) is -0.131. The maximum Gasteiger partial charge on any atom is 0.322 e. The van der Waals surface area contributed by atoms with Crippen molar-refractivity contribution >= 4 is 37.7 Å². The number of nitrogens with zero attached hydrogens (tertiary/aromatic N) is 2. The minimum atomic E-state index is -3.31. The highest BCUT2D eigenvalue weighted by Crippen LogP contribution is 2.19. The largest absolute Gasteiger partial charge is 0.444 e. The van der Waals surface area contributed by atoms with Gasteiger partial charge in [-0.1, -0.05) is 17.2 Å². The molecule has 3 aromatic rings. The summed E-state index contributed by atoms with van der Waals surface area (Å²) in [6.45, 7) is 3.28. The van der Waals surface area contributed by atoms with Crippen molar-refractivity contribution in [1.29, 1.82) is 0 Å². The van der Waals surface area contributed by atoms with Crippen molar-refractivity contribution in [3.05, 3.63) is 58.3 Å². The molecule has 2 heterocycles. The maximum atomic E-state index is 12.1. The van der Waals surface area contributed by atoms with Crippen LogP contribution >= 0.6 is 15.9 Å². The number of benzene rings is 1. The first-order chi connectivity index (χ1) is 12.8. The first-order valence-electron chi connectivity index (χ1n) is 7.97. The van der Waals surface area contributed by atoms with Crippen LogP contribution in [-0.2, 0) is 16.3 Å². The fourth-order valence-electron chi connectivity index (χ4n) is 2.21. The lowest BCUT2D eigenvalue weighted by atomic mass is 10.1. The highest BCUT2D eigenvalue weighted by molar-refractivity contribution is 9.10. The number of aromatic nitrogens is 2. The molecule has 0 saturated carbocycles. The van der Waals surface area contributed by atoms with E-state index in [0.29, 0.717) is 11.1 Å². The Balaban J connectivity index is 1.66. The molecule has 0 spiro atoms. The predicted octanol–water partition coefficient (Wildman–Crippen LogP) is 3.45. The molecule has 1 amide bonds. The minimum absolute atomic E-state index is 0.0541. The van der Waals surface area contributed by atoms with Crippen molar-refractivity contribution in [2.75, 3.05) is 5.32 Å².